The number of carbonyl (C=O) groups is 1. The Morgan fingerprint density at radius 2 is 2.14 bits per heavy atom. The Hall–Kier alpha value is -2.19. The minimum atomic E-state index is -0.526. The van der Waals surface area contributed by atoms with Crippen LogP contribution < -0.4 is 0 Å². The van der Waals surface area contributed by atoms with E-state index in [-0.39, 0.29) is 11.9 Å². The van der Waals surface area contributed by atoms with Crippen LogP contribution >= 0.6 is 11.8 Å². The third kappa shape index (κ3) is 6.68. The van der Waals surface area contributed by atoms with Gasteiger partial charge in [0.1, 0.15) is 0 Å². The molecule has 0 spiro atoms. The normalized spacial score (nSPS) is 18.1. The minimum absolute atomic E-state index is 0.102. The Morgan fingerprint density at radius 3 is 2.90 bits per heavy atom. The van der Waals surface area contributed by atoms with Crippen LogP contribution in [-0.4, -0.2) is 60.6 Å². The lowest BCUT2D eigenvalue weighted by atomic mass is 10.1. The fraction of sp³-hybridized carbons (Fsp3) is 0.524. The van der Waals surface area contributed by atoms with Gasteiger partial charge in [0.2, 0.25) is 5.91 Å². The van der Waals surface area contributed by atoms with E-state index in [1.165, 1.54) is 0 Å². The summed E-state index contributed by atoms with van der Waals surface area (Å²) in [4.78, 5) is 14.2. The number of tetrazole rings is 1. The van der Waals surface area contributed by atoms with E-state index in [0.29, 0.717) is 12.8 Å². The van der Waals surface area contributed by atoms with Crippen molar-refractivity contribution in [2.24, 2.45) is 7.05 Å². The maximum Gasteiger partial charge on any atom is 0.223 e. The van der Waals surface area contributed by atoms with Gasteiger partial charge in [-0.25, -0.2) is 4.68 Å². The molecule has 0 bridgehead atoms. The van der Waals surface area contributed by atoms with Crippen molar-refractivity contribution in [3.8, 4) is 0 Å². The topological polar surface area (TPSA) is 84.1 Å². The van der Waals surface area contributed by atoms with E-state index in [9.17, 15) is 9.90 Å². The number of likely N-dealkylation sites (tertiary alicyclic amines) is 1. The molecule has 156 valence electrons. The average Bonchev–Trinajstić information content (AvgIpc) is 3.29. The van der Waals surface area contributed by atoms with Crippen molar-refractivity contribution >= 4 is 17.7 Å². The molecule has 7 nitrogen and oxygen atoms in total. The summed E-state index contributed by atoms with van der Waals surface area (Å²) in [5, 5.41) is 21.7. The molecular formula is C21H29N5O2S. The van der Waals surface area contributed by atoms with Crippen LogP contribution in [0.15, 0.2) is 42.5 Å². The minimum Gasteiger partial charge on any atom is -0.389 e. The number of aryl methyl sites for hydroxylation is 1. The Balaban J connectivity index is 1.37. The van der Waals surface area contributed by atoms with Gasteiger partial charge in [-0.05, 0) is 41.0 Å². The number of aliphatic hydroxyl groups excluding tert-OH is 1. The van der Waals surface area contributed by atoms with Gasteiger partial charge in [-0.3, -0.25) is 4.79 Å². The van der Waals surface area contributed by atoms with Gasteiger partial charge in [0.25, 0.3) is 0 Å². The molecule has 1 amide bonds. The highest BCUT2D eigenvalue weighted by Gasteiger charge is 2.28. The Morgan fingerprint density at radius 1 is 1.31 bits per heavy atom. The van der Waals surface area contributed by atoms with Crippen molar-refractivity contribution in [3.05, 3.63) is 53.9 Å². The quantitative estimate of drug-likeness (QED) is 0.448. The number of unbranched alkanes of at least 4 members (excludes halogenated alkanes) is 1. The molecule has 2 atom stereocenters. The summed E-state index contributed by atoms with van der Waals surface area (Å²) in [7, 11) is 1.85. The van der Waals surface area contributed by atoms with Crippen LogP contribution in [0.25, 0.3) is 0 Å². The summed E-state index contributed by atoms with van der Waals surface area (Å²) in [6, 6.07) is 10.1. The molecule has 1 saturated heterocycles. The molecule has 0 saturated carbocycles. The molecule has 1 N–H and O–H groups in total. The second-order valence-electron chi connectivity index (χ2n) is 7.31. The SMILES string of the molecule is Cn1nnnc1CSCCCCN1C(=O)CC[C@H]1/C=C/C(O)Cc1ccccc1. The van der Waals surface area contributed by atoms with E-state index in [0.717, 1.165) is 48.7 Å². The number of hydrogen-bond acceptors (Lipinski definition) is 6. The van der Waals surface area contributed by atoms with Gasteiger partial charge < -0.3 is 10.0 Å². The number of thioether (sulfide) groups is 1. The van der Waals surface area contributed by atoms with Crippen LogP contribution in [0.5, 0.6) is 0 Å². The highest BCUT2D eigenvalue weighted by atomic mass is 32.2. The molecule has 2 aromatic rings. The summed E-state index contributed by atoms with van der Waals surface area (Å²) >= 11 is 1.81. The predicted molar refractivity (Wildman–Crippen MR) is 114 cm³/mol. The van der Waals surface area contributed by atoms with Crippen molar-refractivity contribution in [1.82, 2.24) is 25.1 Å². The first-order valence-electron chi connectivity index (χ1n) is 10.1. The average molecular weight is 416 g/mol. The number of amides is 1. The number of hydrogen-bond donors (Lipinski definition) is 1. The van der Waals surface area contributed by atoms with E-state index in [2.05, 4.69) is 15.5 Å². The zero-order chi connectivity index (χ0) is 20.5. The van der Waals surface area contributed by atoms with E-state index in [4.69, 9.17) is 0 Å². The fourth-order valence-electron chi connectivity index (χ4n) is 3.45. The smallest absolute Gasteiger partial charge is 0.223 e. The third-order valence-electron chi connectivity index (χ3n) is 5.09. The first kappa shape index (κ1) is 21.5. The first-order valence-corrected chi connectivity index (χ1v) is 11.3. The molecule has 1 aromatic carbocycles. The summed E-state index contributed by atoms with van der Waals surface area (Å²) in [6.45, 7) is 0.773. The predicted octanol–water partition coefficient (Wildman–Crippen LogP) is 2.37. The van der Waals surface area contributed by atoms with Crippen molar-refractivity contribution in [2.75, 3.05) is 12.3 Å². The maximum atomic E-state index is 12.2. The van der Waals surface area contributed by atoms with Crippen molar-refractivity contribution in [1.29, 1.82) is 0 Å². The van der Waals surface area contributed by atoms with E-state index >= 15 is 0 Å². The molecule has 1 aliphatic rings. The third-order valence-corrected chi connectivity index (χ3v) is 6.13. The van der Waals surface area contributed by atoms with Gasteiger partial charge >= 0.3 is 0 Å². The second-order valence-corrected chi connectivity index (χ2v) is 8.42. The van der Waals surface area contributed by atoms with Gasteiger partial charge in [0.05, 0.1) is 17.9 Å². The van der Waals surface area contributed by atoms with E-state index in [1.807, 2.05) is 66.2 Å². The van der Waals surface area contributed by atoms with E-state index < -0.39 is 6.10 Å². The van der Waals surface area contributed by atoms with Crippen LogP contribution in [0, 0.1) is 0 Å². The molecule has 29 heavy (non-hydrogen) atoms. The molecule has 1 fully saturated rings. The summed E-state index contributed by atoms with van der Waals surface area (Å²) < 4.78 is 1.69. The van der Waals surface area contributed by atoms with E-state index in [1.54, 1.807) is 4.68 Å². The summed E-state index contributed by atoms with van der Waals surface area (Å²) in [5.74, 6) is 2.92. The van der Waals surface area contributed by atoms with Crippen molar-refractivity contribution in [3.63, 3.8) is 0 Å². The van der Waals surface area contributed by atoms with Crippen molar-refractivity contribution in [2.45, 2.75) is 50.0 Å². The van der Waals surface area contributed by atoms with Gasteiger partial charge in [0, 0.05) is 26.4 Å². The lowest BCUT2D eigenvalue weighted by Gasteiger charge is -2.22. The maximum absolute atomic E-state index is 12.2. The lowest BCUT2D eigenvalue weighted by Crippen LogP contribution is -2.33. The highest BCUT2D eigenvalue weighted by molar-refractivity contribution is 7.98. The van der Waals surface area contributed by atoms with Gasteiger partial charge in [-0.1, -0.05) is 42.5 Å². The lowest BCUT2D eigenvalue weighted by molar-refractivity contribution is -0.128. The molecule has 0 aliphatic carbocycles. The second kappa shape index (κ2) is 11.1. The first-order chi connectivity index (χ1) is 14.1. The molecule has 2 heterocycles. The molecular weight excluding hydrogens is 386 g/mol. The number of carbonyl (C=O) groups excluding carboxylic acids is 1. The van der Waals surface area contributed by atoms with Crippen LogP contribution in [0.4, 0.5) is 0 Å². The van der Waals surface area contributed by atoms with Crippen LogP contribution in [-0.2, 0) is 24.0 Å². The van der Waals surface area contributed by atoms with Crippen LogP contribution in [0.3, 0.4) is 0 Å². The molecule has 1 aliphatic heterocycles. The Labute approximate surface area is 176 Å². The molecule has 8 heteroatoms. The number of aliphatic hydroxyl groups is 1. The number of benzene rings is 1. The van der Waals surface area contributed by atoms with Crippen LogP contribution in [0.1, 0.15) is 37.1 Å². The Bertz CT molecular complexity index is 795. The van der Waals surface area contributed by atoms with Crippen LogP contribution in [0.2, 0.25) is 0 Å². The van der Waals surface area contributed by atoms with Gasteiger partial charge in [-0.15, -0.1) is 5.10 Å². The molecule has 1 unspecified atom stereocenters. The molecule has 3 rings (SSSR count). The summed E-state index contributed by atoms with van der Waals surface area (Å²) in [5.41, 5.74) is 1.11. The van der Waals surface area contributed by atoms with Gasteiger partial charge in [-0.2, -0.15) is 11.8 Å². The molecule has 1 aromatic heterocycles. The zero-order valence-electron chi connectivity index (χ0n) is 16.9. The molecule has 0 radical (unpaired) electrons. The van der Waals surface area contributed by atoms with Gasteiger partial charge in [0.15, 0.2) is 5.82 Å². The number of rotatable bonds is 11. The fourth-order valence-corrected chi connectivity index (χ4v) is 4.43. The number of aromatic nitrogens is 4. The monoisotopic (exact) mass is 415 g/mol. The Kier molecular flexibility index (Phi) is 8.25. The zero-order valence-corrected chi connectivity index (χ0v) is 17.7. The number of nitrogens with zero attached hydrogens (tertiary/aromatic N) is 5. The largest absolute Gasteiger partial charge is 0.389 e. The summed E-state index contributed by atoms with van der Waals surface area (Å²) in [6.07, 6.45) is 7.37. The standard InChI is InChI=1S/C21H29N5O2S/c1-25-20(22-23-24-25)16-29-14-6-5-13-26-18(10-12-21(26)28)9-11-19(27)15-17-7-3-2-4-8-17/h2-4,7-9,11,18-19,27H,5-6,10,12-16H2,1H3/b11-9+/t18-,19?/m1/s1. The van der Waals surface area contributed by atoms with Crippen molar-refractivity contribution < 1.29 is 9.90 Å². The highest BCUT2D eigenvalue weighted by Crippen LogP contribution is 2.21.